The van der Waals surface area contributed by atoms with Crippen molar-refractivity contribution in [3.8, 4) is 11.1 Å². The summed E-state index contributed by atoms with van der Waals surface area (Å²) in [4.78, 5) is 10.7. The molecule has 0 N–H and O–H groups in total. The Kier molecular flexibility index (Phi) is 3.16. The molecule has 0 aliphatic rings. The quantitative estimate of drug-likeness (QED) is 0.816. The number of halogens is 1. The molecule has 0 saturated carbocycles. The summed E-state index contributed by atoms with van der Waals surface area (Å²) in [6.45, 7) is 2.00. The molecule has 0 bridgehead atoms. The Balaban J connectivity index is 2.48. The fourth-order valence-electron chi connectivity index (χ4n) is 1.68. The Labute approximate surface area is 104 Å². The third kappa shape index (κ3) is 2.48. The van der Waals surface area contributed by atoms with Crippen LogP contribution in [0.15, 0.2) is 42.5 Å². The van der Waals surface area contributed by atoms with E-state index in [0.717, 1.165) is 16.7 Å². The maximum atomic E-state index is 10.7. The van der Waals surface area contributed by atoms with Gasteiger partial charge in [0.2, 0.25) is 0 Å². The van der Waals surface area contributed by atoms with Crippen molar-refractivity contribution in [3.05, 3.63) is 58.6 Å². The lowest BCUT2D eigenvalue weighted by Crippen LogP contribution is -2.22. The largest absolute Gasteiger partial charge is 0.545 e. The standard InChI is InChI=1S/C14H11ClO2/c1-9-3-2-4-10(7-9)11-5-6-12(14(16)17)13(15)8-11/h2-8H,1H3,(H,16,17)/p-1. The molecule has 0 aliphatic heterocycles. The van der Waals surface area contributed by atoms with E-state index in [1.807, 2.05) is 31.2 Å². The molecule has 17 heavy (non-hydrogen) atoms. The molecule has 0 saturated heterocycles. The van der Waals surface area contributed by atoms with Crippen LogP contribution in [0, 0.1) is 6.92 Å². The normalized spacial score (nSPS) is 10.2. The number of hydrogen-bond acceptors (Lipinski definition) is 2. The number of hydrogen-bond donors (Lipinski definition) is 0. The Morgan fingerprint density at radius 3 is 2.41 bits per heavy atom. The summed E-state index contributed by atoms with van der Waals surface area (Å²) in [6.07, 6.45) is 0. The number of carboxylic acid groups (broad SMARTS) is 1. The summed E-state index contributed by atoms with van der Waals surface area (Å²) < 4.78 is 0. The molecule has 0 fully saturated rings. The van der Waals surface area contributed by atoms with Gasteiger partial charge in [-0.05, 0) is 24.1 Å². The minimum atomic E-state index is -1.26. The van der Waals surface area contributed by atoms with E-state index in [-0.39, 0.29) is 10.6 Å². The van der Waals surface area contributed by atoms with Crippen LogP contribution in [-0.4, -0.2) is 5.97 Å². The Hall–Kier alpha value is -1.80. The second kappa shape index (κ2) is 4.60. The molecular weight excluding hydrogens is 236 g/mol. The van der Waals surface area contributed by atoms with E-state index >= 15 is 0 Å². The van der Waals surface area contributed by atoms with E-state index in [0.29, 0.717) is 0 Å². The maximum absolute atomic E-state index is 10.7. The van der Waals surface area contributed by atoms with Gasteiger partial charge < -0.3 is 9.90 Å². The summed E-state index contributed by atoms with van der Waals surface area (Å²) in [6, 6.07) is 12.8. The second-order valence-corrected chi connectivity index (χ2v) is 4.26. The fraction of sp³-hybridized carbons (Fsp3) is 0.0714. The molecule has 2 rings (SSSR count). The Morgan fingerprint density at radius 2 is 1.82 bits per heavy atom. The monoisotopic (exact) mass is 245 g/mol. The van der Waals surface area contributed by atoms with E-state index in [4.69, 9.17) is 11.6 Å². The highest BCUT2D eigenvalue weighted by molar-refractivity contribution is 6.33. The average molecular weight is 246 g/mol. The Bertz CT molecular complexity index is 576. The van der Waals surface area contributed by atoms with Crippen molar-refractivity contribution in [2.75, 3.05) is 0 Å². The number of carbonyl (C=O) groups excluding carboxylic acids is 1. The highest BCUT2D eigenvalue weighted by Crippen LogP contribution is 2.25. The smallest absolute Gasteiger partial charge is 0.0730 e. The van der Waals surface area contributed by atoms with Gasteiger partial charge in [-0.25, -0.2) is 0 Å². The molecule has 0 amide bonds. The predicted molar refractivity (Wildman–Crippen MR) is 66.0 cm³/mol. The van der Waals surface area contributed by atoms with Crippen LogP contribution in [0.5, 0.6) is 0 Å². The molecule has 86 valence electrons. The molecule has 3 heteroatoms. The van der Waals surface area contributed by atoms with Crippen molar-refractivity contribution in [1.29, 1.82) is 0 Å². The van der Waals surface area contributed by atoms with Gasteiger partial charge in [-0.2, -0.15) is 0 Å². The lowest BCUT2D eigenvalue weighted by atomic mass is 10.0. The molecule has 0 aromatic heterocycles. The van der Waals surface area contributed by atoms with Gasteiger partial charge in [0.25, 0.3) is 0 Å². The van der Waals surface area contributed by atoms with Crippen molar-refractivity contribution >= 4 is 17.6 Å². The first-order chi connectivity index (χ1) is 8.08. The van der Waals surface area contributed by atoms with Crippen molar-refractivity contribution in [1.82, 2.24) is 0 Å². The first-order valence-corrected chi connectivity index (χ1v) is 5.53. The molecule has 0 aliphatic carbocycles. The number of carboxylic acids is 1. The summed E-state index contributed by atoms with van der Waals surface area (Å²) in [5.74, 6) is -1.26. The van der Waals surface area contributed by atoms with Crippen LogP contribution in [-0.2, 0) is 0 Å². The third-order valence-corrected chi connectivity index (χ3v) is 2.85. The van der Waals surface area contributed by atoms with Gasteiger partial charge in [-0.15, -0.1) is 0 Å². The number of aryl methyl sites for hydroxylation is 1. The van der Waals surface area contributed by atoms with Gasteiger partial charge >= 0.3 is 0 Å². The van der Waals surface area contributed by atoms with E-state index in [1.54, 1.807) is 12.1 Å². The molecule has 0 heterocycles. The summed E-state index contributed by atoms with van der Waals surface area (Å²) in [5, 5.41) is 10.9. The van der Waals surface area contributed by atoms with Crippen LogP contribution >= 0.6 is 11.6 Å². The number of rotatable bonds is 2. The highest BCUT2D eigenvalue weighted by atomic mass is 35.5. The topological polar surface area (TPSA) is 40.1 Å². The number of carbonyl (C=O) groups is 1. The summed E-state index contributed by atoms with van der Waals surface area (Å²) in [5.41, 5.74) is 3.06. The summed E-state index contributed by atoms with van der Waals surface area (Å²) in [7, 11) is 0. The lowest BCUT2D eigenvalue weighted by Gasteiger charge is -2.08. The van der Waals surface area contributed by atoms with Crippen LogP contribution in [0.4, 0.5) is 0 Å². The van der Waals surface area contributed by atoms with Gasteiger partial charge in [0, 0.05) is 5.56 Å². The van der Waals surface area contributed by atoms with Crippen molar-refractivity contribution in [3.63, 3.8) is 0 Å². The first-order valence-electron chi connectivity index (χ1n) is 5.16. The highest BCUT2D eigenvalue weighted by Gasteiger charge is 2.04. The van der Waals surface area contributed by atoms with Gasteiger partial charge in [-0.1, -0.05) is 53.6 Å². The second-order valence-electron chi connectivity index (χ2n) is 3.85. The minimum Gasteiger partial charge on any atom is -0.545 e. The van der Waals surface area contributed by atoms with Gasteiger partial charge in [0.1, 0.15) is 0 Å². The SMILES string of the molecule is Cc1cccc(-c2ccc(C(=O)[O-])c(Cl)c2)c1. The van der Waals surface area contributed by atoms with E-state index in [9.17, 15) is 9.90 Å². The molecule has 0 unspecified atom stereocenters. The van der Waals surface area contributed by atoms with E-state index in [1.165, 1.54) is 6.07 Å². The van der Waals surface area contributed by atoms with Gasteiger partial charge in [0.05, 0.1) is 11.0 Å². The van der Waals surface area contributed by atoms with Crippen LogP contribution in [0.25, 0.3) is 11.1 Å². The molecule has 2 aromatic carbocycles. The molecule has 0 atom stereocenters. The number of aromatic carboxylic acids is 1. The number of benzene rings is 2. The van der Waals surface area contributed by atoms with Crippen molar-refractivity contribution in [2.45, 2.75) is 6.92 Å². The predicted octanol–water partition coefficient (Wildman–Crippen LogP) is 2.68. The van der Waals surface area contributed by atoms with Gasteiger partial charge in [0.15, 0.2) is 0 Å². The zero-order valence-corrected chi connectivity index (χ0v) is 9.99. The molecule has 0 radical (unpaired) electrons. The van der Waals surface area contributed by atoms with Crippen LogP contribution < -0.4 is 5.11 Å². The molecule has 0 spiro atoms. The van der Waals surface area contributed by atoms with E-state index in [2.05, 4.69) is 0 Å². The average Bonchev–Trinajstić information content (AvgIpc) is 2.28. The summed E-state index contributed by atoms with van der Waals surface area (Å²) >= 11 is 5.89. The molecule has 2 aromatic rings. The maximum Gasteiger partial charge on any atom is 0.0730 e. The fourth-order valence-corrected chi connectivity index (χ4v) is 1.94. The zero-order chi connectivity index (χ0) is 12.4. The van der Waals surface area contributed by atoms with Gasteiger partial charge in [-0.3, -0.25) is 0 Å². The third-order valence-electron chi connectivity index (χ3n) is 2.54. The molecular formula is C14H10ClO2-. The van der Waals surface area contributed by atoms with Crippen LogP contribution in [0.2, 0.25) is 5.02 Å². The van der Waals surface area contributed by atoms with Crippen molar-refractivity contribution in [2.24, 2.45) is 0 Å². The van der Waals surface area contributed by atoms with E-state index < -0.39 is 5.97 Å². The van der Waals surface area contributed by atoms with Crippen LogP contribution in [0.3, 0.4) is 0 Å². The minimum absolute atomic E-state index is 0.0167. The van der Waals surface area contributed by atoms with Crippen molar-refractivity contribution < 1.29 is 9.90 Å². The Morgan fingerprint density at radius 1 is 1.12 bits per heavy atom. The zero-order valence-electron chi connectivity index (χ0n) is 9.24. The first kappa shape index (κ1) is 11.7. The van der Waals surface area contributed by atoms with Crippen LogP contribution in [0.1, 0.15) is 15.9 Å². The lowest BCUT2D eigenvalue weighted by molar-refractivity contribution is -0.255. The molecule has 2 nitrogen and oxygen atoms in total.